The van der Waals surface area contributed by atoms with Crippen molar-refractivity contribution in [3.05, 3.63) is 40.6 Å². The number of carbonyl (C=O) groups is 2. The van der Waals surface area contributed by atoms with Gasteiger partial charge in [-0.3, -0.25) is 9.59 Å². The van der Waals surface area contributed by atoms with Gasteiger partial charge in [-0.25, -0.2) is 0 Å². The molecule has 1 aromatic carbocycles. The van der Waals surface area contributed by atoms with Gasteiger partial charge in [0.2, 0.25) is 0 Å². The summed E-state index contributed by atoms with van der Waals surface area (Å²) in [6.45, 7) is 6.08. The lowest BCUT2D eigenvalue weighted by Gasteiger charge is -2.33. The Kier molecular flexibility index (Phi) is 6.97. The maximum Gasteiger partial charge on any atom is 0.309 e. The largest absolute Gasteiger partial charge is 0.466 e. The van der Waals surface area contributed by atoms with Gasteiger partial charge in [0.1, 0.15) is 5.69 Å². The van der Waals surface area contributed by atoms with Gasteiger partial charge in [0.25, 0.3) is 5.91 Å². The molecular weight excluding hydrogens is 462 g/mol. The van der Waals surface area contributed by atoms with Crippen molar-refractivity contribution in [1.29, 1.82) is 0 Å². The maximum absolute atomic E-state index is 13.5. The molecule has 8 heteroatoms. The lowest BCUT2D eigenvalue weighted by Crippen LogP contribution is -2.42. The van der Waals surface area contributed by atoms with Crippen LogP contribution >= 0.6 is 15.9 Å². The molecule has 1 aromatic heterocycles. The van der Waals surface area contributed by atoms with Crippen LogP contribution in [0.15, 0.2) is 34.9 Å². The Morgan fingerprint density at radius 2 is 1.81 bits per heavy atom. The number of anilines is 1. The van der Waals surface area contributed by atoms with E-state index in [1.807, 2.05) is 30.2 Å². The number of halogens is 1. The number of benzene rings is 1. The first-order valence-corrected chi connectivity index (χ1v) is 11.6. The zero-order chi connectivity index (χ0) is 21.8. The minimum atomic E-state index is -0.152. The van der Waals surface area contributed by atoms with Crippen LogP contribution in [0.4, 0.5) is 5.69 Å². The molecule has 0 radical (unpaired) electrons. The number of morpholine rings is 1. The summed E-state index contributed by atoms with van der Waals surface area (Å²) in [6, 6.07) is 8.12. The number of H-pyrrole nitrogens is 1. The first-order valence-electron chi connectivity index (χ1n) is 10.8. The van der Waals surface area contributed by atoms with Gasteiger partial charge in [0, 0.05) is 42.4 Å². The highest BCUT2D eigenvalue weighted by Gasteiger charge is 2.32. The highest BCUT2D eigenvalue weighted by atomic mass is 79.9. The molecule has 31 heavy (non-hydrogen) atoms. The molecule has 0 spiro atoms. The summed E-state index contributed by atoms with van der Waals surface area (Å²) >= 11 is 3.49. The maximum atomic E-state index is 13.5. The van der Waals surface area contributed by atoms with Gasteiger partial charge in [0.05, 0.1) is 31.4 Å². The van der Waals surface area contributed by atoms with E-state index in [0.717, 1.165) is 34.4 Å². The fraction of sp³-hybridized carbons (Fsp3) is 0.478. The van der Waals surface area contributed by atoms with Crippen LogP contribution in [0.1, 0.15) is 30.3 Å². The van der Waals surface area contributed by atoms with Crippen molar-refractivity contribution in [3.8, 4) is 11.1 Å². The highest BCUT2D eigenvalue weighted by molar-refractivity contribution is 9.10. The third kappa shape index (κ3) is 4.80. The number of nitrogens with zero attached hydrogens (tertiary/aromatic N) is 2. The van der Waals surface area contributed by atoms with E-state index in [0.29, 0.717) is 51.4 Å². The number of aromatic amines is 1. The molecule has 4 rings (SSSR count). The van der Waals surface area contributed by atoms with Crippen LogP contribution in [-0.2, 0) is 14.3 Å². The fourth-order valence-electron chi connectivity index (χ4n) is 4.28. The molecule has 7 nitrogen and oxygen atoms in total. The number of esters is 1. The topological polar surface area (TPSA) is 74.9 Å². The van der Waals surface area contributed by atoms with Crippen LogP contribution in [-0.4, -0.2) is 67.8 Å². The van der Waals surface area contributed by atoms with Crippen molar-refractivity contribution in [1.82, 2.24) is 9.88 Å². The Balaban J connectivity index is 1.58. The van der Waals surface area contributed by atoms with Gasteiger partial charge in [-0.1, -0.05) is 28.1 Å². The molecule has 0 unspecified atom stereocenters. The SMILES string of the molecule is CCOC(=O)C1CCN(C(=O)c2[nH]cc(-c3ccc(Br)cc3)c2N2CCOCC2)CC1. The minimum Gasteiger partial charge on any atom is -0.466 e. The number of aromatic nitrogens is 1. The van der Waals surface area contributed by atoms with Gasteiger partial charge >= 0.3 is 5.97 Å². The van der Waals surface area contributed by atoms with Crippen molar-refractivity contribution in [2.45, 2.75) is 19.8 Å². The van der Waals surface area contributed by atoms with Gasteiger partial charge in [-0.05, 0) is 37.5 Å². The Hall–Kier alpha value is -2.32. The van der Waals surface area contributed by atoms with Gasteiger partial charge < -0.3 is 24.3 Å². The van der Waals surface area contributed by atoms with Gasteiger partial charge in [0.15, 0.2) is 0 Å². The summed E-state index contributed by atoms with van der Waals surface area (Å²) in [6.07, 6.45) is 3.20. The molecule has 2 aromatic rings. The van der Waals surface area contributed by atoms with Crippen molar-refractivity contribution < 1.29 is 19.1 Å². The Labute approximate surface area is 190 Å². The molecule has 3 heterocycles. The number of amides is 1. The Bertz CT molecular complexity index is 913. The zero-order valence-electron chi connectivity index (χ0n) is 17.7. The van der Waals surface area contributed by atoms with Crippen LogP contribution in [0.2, 0.25) is 0 Å². The van der Waals surface area contributed by atoms with E-state index in [1.54, 1.807) is 0 Å². The third-order valence-electron chi connectivity index (χ3n) is 5.95. The molecule has 0 bridgehead atoms. The molecule has 2 aliphatic heterocycles. The quantitative estimate of drug-likeness (QED) is 0.648. The van der Waals surface area contributed by atoms with Crippen LogP contribution in [0.3, 0.4) is 0 Å². The van der Waals surface area contributed by atoms with E-state index in [1.165, 1.54) is 0 Å². The summed E-state index contributed by atoms with van der Waals surface area (Å²) in [5, 5.41) is 0. The lowest BCUT2D eigenvalue weighted by atomic mass is 9.96. The third-order valence-corrected chi connectivity index (χ3v) is 6.48. The van der Waals surface area contributed by atoms with E-state index in [4.69, 9.17) is 9.47 Å². The molecule has 2 fully saturated rings. The smallest absolute Gasteiger partial charge is 0.309 e. The van der Waals surface area contributed by atoms with E-state index >= 15 is 0 Å². The Morgan fingerprint density at radius 1 is 1.13 bits per heavy atom. The second kappa shape index (κ2) is 9.87. The summed E-state index contributed by atoms with van der Waals surface area (Å²) in [4.78, 5) is 32.8. The summed E-state index contributed by atoms with van der Waals surface area (Å²) in [5.41, 5.74) is 3.61. The van der Waals surface area contributed by atoms with Gasteiger partial charge in [-0.2, -0.15) is 0 Å². The van der Waals surface area contributed by atoms with Crippen molar-refractivity contribution >= 4 is 33.5 Å². The van der Waals surface area contributed by atoms with E-state index < -0.39 is 0 Å². The minimum absolute atomic E-state index is 0.0211. The predicted molar refractivity (Wildman–Crippen MR) is 122 cm³/mol. The second-order valence-corrected chi connectivity index (χ2v) is 8.77. The van der Waals surface area contributed by atoms with Crippen LogP contribution in [0.5, 0.6) is 0 Å². The molecule has 0 saturated carbocycles. The number of rotatable bonds is 5. The Morgan fingerprint density at radius 3 is 2.45 bits per heavy atom. The average molecular weight is 490 g/mol. The average Bonchev–Trinajstić information content (AvgIpc) is 3.25. The standard InChI is InChI=1S/C23H28BrN3O4/c1-2-31-23(29)17-7-9-27(10-8-17)22(28)20-21(26-11-13-30-14-12-26)19(15-25-20)16-3-5-18(24)6-4-16/h3-6,15,17,25H,2,7-14H2,1H3. The number of nitrogens with one attached hydrogen (secondary N) is 1. The van der Waals surface area contributed by atoms with Gasteiger partial charge in [-0.15, -0.1) is 0 Å². The second-order valence-electron chi connectivity index (χ2n) is 7.85. The first kappa shape index (κ1) is 21.9. The fourth-order valence-corrected chi connectivity index (χ4v) is 4.54. The number of carbonyl (C=O) groups excluding carboxylic acids is 2. The summed E-state index contributed by atoms with van der Waals surface area (Å²) in [7, 11) is 0. The molecule has 0 aliphatic carbocycles. The lowest BCUT2D eigenvalue weighted by molar-refractivity contribution is -0.149. The molecule has 2 saturated heterocycles. The first-order chi connectivity index (χ1) is 15.1. The summed E-state index contributed by atoms with van der Waals surface area (Å²) < 4.78 is 11.7. The number of ether oxygens (including phenoxy) is 2. The number of hydrogen-bond acceptors (Lipinski definition) is 5. The van der Waals surface area contributed by atoms with Crippen molar-refractivity contribution in [3.63, 3.8) is 0 Å². The monoisotopic (exact) mass is 489 g/mol. The van der Waals surface area contributed by atoms with E-state index in [2.05, 4.69) is 37.9 Å². The summed E-state index contributed by atoms with van der Waals surface area (Å²) in [5.74, 6) is -0.294. The van der Waals surface area contributed by atoms with E-state index in [-0.39, 0.29) is 17.8 Å². The van der Waals surface area contributed by atoms with Crippen molar-refractivity contribution in [2.75, 3.05) is 50.9 Å². The predicted octanol–water partition coefficient (Wildman–Crippen LogP) is 3.70. The van der Waals surface area contributed by atoms with Crippen LogP contribution < -0.4 is 4.90 Å². The van der Waals surface area contributed by atoms with E-state index in [9.17, 15) is 9.59 Å². The molecule has 1 amide bonds. The number of likely N-dealkylation sites (tertiary alicyclic amines) is 1. The molecule has 0 atom stereocenters. The number of piperidine rings is 1. The van der Waals surface area contributed by atoms with Crippen LogP contribution in [0.25, 0.3) is 11.1 Å². The molecule has 166 valence electrons. The molecule has 2 aliphatic rings. The molecule has 1 N–H and O–H groups in total. The van der Waals surface area contributed by atoms with Crippen molar-refractivity contribution in [2.24, 2.45) is 5.92 Å². The zero-order valence-corrected chi connectivity index (χ0v) is 19.3. The normalized spacial score (nSPS) is 17.6. The number of hydrogen-bond donors (Lipinski definition) is 1. The van der Waals surface area contributed by atoms with Crippen LogP contribution in [0, 0.1) is 5.92 Å². The highest BCUT2D eigenvalue weighted by Crippen LogP contribution is 2.36. The molecular formula is C23H28BrN3O4.